The molecule has 0 saturated carbocycles. The molecule has 3 heterocycles. The van der Waals surface area contributed by atoms with Crippen LogP contribution in [0, 0.1) is 0 Å². The summed E-state index contributed by atoms with van der Waals surface area (Å²) in [7, 11) is -3.07. The number of fused-ring (bicyclic) bond motifs is 1. The number of aromatic nitrogens is 3. The summed E-state index contributed by atoms with van der Waals surface area (Å²) in [5.41, 5.74) is 2.49. The summed E-state index contributed by atoms with van der Waals surface area (Å²) in [5, 5.41) is 11.1. The molecule has 7 nitrogen and oxygen atoms in total. The van der Waals surface area contributed by atoms with Crippen molar-refractivity contribution in [3.8, 4) is 0 Å². The first-order valence-corrected chi connectivity index (χ1v) is 11.9. The Hall–Kier alpha value is -1.97. The molecule has 1 saturated heterocycles. The first-order chi connectivity index (χ1) is 13.4. The first kappa shape index (κ1) is 20.8. The number of hydrogen-bond acceptors (Lipinski definition) is 6. The fourth-order valence-corrected chi connectivity index (χ4v) is 3.93. The fraction of sp³-hybridized carbons (Fsp3) is 0.368. The van der Waals surface area contributed by atoms with Crippen LogP contribution >= 0.6 is 15.9 Å². The third kappa shape index (κ3) is 5.30. The Morgan fingerprint density at radius 3 is 2.89 bits per heavy atom. The van der Waals surface area contributed by atoms with Gasteiger partial charge in [0, 0.05) is 29.6 Å². The number of nitrogens with zero attached hydrogens (tertiary/aromatic N) is 3. The quantitative estimate of drug-likeness (QED) is 0.610. The Morgan fingerprint density at radius 2 is 2.21 bits per heavy atom. The van der Waals surface area contributed by atoms with Crippen LogP contribution in [0.1, 0.15) is 24.5 Å². The van der Waals surface area contributed by atoms with Crippen LogP contribution in [0.3, 0.4) is 0 Å². The number of sulfone groups is 1. The van der Waals surface area contributed by atoms with Crippen LogP contribution in [0.4, 0.5) is 5.82 Å². The maximum atomic E-state index is 11.4. The summed E-state index contributed by atoms with van der Waals surface area (Å²) in [6.07, 6.45) is 11.8. The van der Waals surface area contributed by atoms with Gasteiger partial charge in [0.15, 0.2) is 15.5 Å². The van der Waals surface area contributed by atoms with Gasteiger partial charge in [-0.1, -0.05) is 18.7 Å². The molecule has 0 amide bonds. The van der Waals surface area contributed by atoms with Gasteiger partial charge in [-0.3, -0.25) is 0 Å². The van der Waals surface area contributed by atoms with Gasteiger partial charge < -0.3 is 10.6 Å². The maximum Gasteiger partial charge on any atom is 0.171 e. The zero-order valence-electron chi connectivity index (χ0n) is 15.7. The molecule has 1 aliphatic rings. The maximum absolute atomic E-state index is 11.4. The molecule has 2 aromatic heterocycles. The molecule has 0 aromatic carbocycles. The Morgan fingerprint density at radius 1 is 1.46 bits per heavy atom. The predicted molar refractivity (Wildman–Crippen MR) is 116 cm³/mol. The zero-order valence-corrected chi connectivity index (χ0v) is 18.1. The van der Waals surface area contributed by atoms with Gasteiger partial charge in [0.1, 0.15) is 5.82 Å². The number of anilines is 1. The van der Waals surface area contributed by atoms with Gasteiger partial charge >= 0.3 is 0 Å². The highest BCUT2D eigenvalue weighted by atomic mass is 79.9. The number of nitrogens with one attached hydrogen (secondary N) is 2. The highest BCUT2D eigenvalue weighted by Gasteiger charge is 2.20. The van der Waals surface area contributed by atoms with Gasteiger partial charge in [-0.05, 0) is 54.0 Å². The molecule has 1 fully saturated rings. The molecule has 2 aromatic rings. The standard InChI is InChI=1S/C19H24BrN5O2S/c1-3-5-15(6-4-11-28(2,26)27)23-18-12-17(14-7-9-21-10-8-14)24-19-16(20)13-22-25(18)19/h3-6,12-14,21,23H,1,7-11H2,2H3/b6-4-,15-5+. The van der Waals surface area contributed by atoms with E-state index in [1.165, 1.54) is 6.26 Å². The molecule has 9 heteroatoms. The van der Waals surface area contributed by atoms with E-state index in [-0.39, 0.29) is 5.75 Å². The van der Waals surface area contributed by atoms with Crippen LogP contribution in [-0.4, -0.2) is 48.1 Å². The smallest absolute Gasteiger partial charge is 0.171 e. The number of allylic oxidation sites excluding steroid dienone is 3. The van der Waals surface area contributed by atoms with Crippen molar-refractivity contribution in [2.24, 2.45) is 0 Å². The minimum Gasteiger partial charge on any atom is -0.340 e. The summed E-state index contributed by atoms with van der Waals surface area (Å²) >= 11 is 3.52. The second-order valence-electron chi connectivity index (χ2n) is 6.80. The summed E-state index contributed by atoms with van der Waals surface area (Å²) < 4.78 is 25.3. The zero-order chi connectivity index (χ0) is 20.1. The lowest BCUT2D eigenvalue weighted by molar-refractivity contribution is 0.453. The topological polar surface area (TPSA) is 88.4 Å². The lowest BCUT2D eigenvalue weighted by Crippen LogP contribution is -2.27. The van der Waals surface area contributed by atoms with Crippen molar-refractivity contribution in [3.63, 3.8) is 0 Å². The van der Waals surface area contributed by atoms with Crippen molar-refractivity contribution in [1.82, 2.24) is 19.9 Å². The van der Waals surface area contributed by atoms with E-state index in [1.54, 1.807) is 35.0 Å². The third-order valence-corrected chi connectivity index (χ3v) is 5.83. The molecule has 0 aliphatic carbocycles. The highest BCUT2D eigenvalue weighted by molar-refractivity contribution is 9.10. The number of hydrogen-bond donors (Lipinski definition) is 2. The van der Waals surface area contributed by atoms with Crippen LogP contribution in [-0.2, 0) is 9.84 Å². The minimum absolute atomic E-state index is 0.0252. The molecule has 3 rings (SSSR count). The molecule has 28 heavy (non-hydrogen) atoms. The van der Waals surface area contributed by atoms with E-state index in [2.05, 4.69) is 38.2 Å². The van der Waals surface area contributed by atoms with E-state index < -0.39 is 9.84 Å². The molecular weight excluding hydrogens is 442 g/mol. The van der Waals surface area contributed by atoms with E-state index in [1.807, 2.05) is 6.07 Å². The number of rotatable bonds is 7. The van der Waals surface area contributed by atoms with E-state index in [0.29, 0.717) is 11.6 Å². The summed E-state index contributed by atoms with van der Waals surface area (Å²) in [6.45, 7) is 5.70. The largest absolute Gasteiger partial charge is 0.340 e. The van der Waals surface area contributed by atoms with Crippen LogP contribution in [0.2, 0.25) is 0 Å². The van der Waals surface area contributed by atoms with Crippen molar-refractivity contribution < 1.29 is 8.42 Å². The number of piperidine rings is 1. The molecule has 0 radical (unpaired) electrons. The Bertz CT molecular complexity index is 1020. The lowest BCUT2D eigenvalue weighted by Gasteiger charge is -2.23. The van der Waals surface area contributed by atoms with Gasteiger partial charge in [-0.25, -0.2) is 13.4 Å². The van der Waals surface area contributed by atoms with Crippen molar-refractivity contribution in [3.05, 3.63) is 59.0 Å². The normalized spacial score (nSPS) is 16.7. The van der Waals surface area contributed by atoms with Crippen LogP contribution < -0.4 is 10.6 Å². The van der Waals surface area contributed by atoms with E-state index in [4.69, 9.17) is 4.98 Å². The average Bonchev–Trinajstić information content (AvgIpc) is 3.03. The minimum atomic E-state index is -3.07. The molecule has 0 unspecified atom stereocenters. The van der Waals surface area contributed by atoms with E-state index in [9.17, 15) is 8.42 Å². The van der Waals surface area contributed by atoms with Crippen LogP contribution in [0.15, 0.2) is 53.3 Å². The SMILES string of the molecule is C=C/C=C(\C=C/CS(C)(=O)=O)Nc1cc(C2CCNCC2)nc2c(Br)cnn12. The molecule has 1 aliphatic heterocycles. The molecule has 150 valence electrons. The molecule has 2 N–H and O–H groups in total. The van der Waals surface area contributed by atoms with Crippen molar-refractivity contribution in [2.45, 2.75) is 18.8 Å². The Kier molecular flexibility index (Phi) is 6.69. The predicted octanol–water partition coefficient (Wildman–Crippen LogP) is 3.04. The van der Waals surface area contributed by atoms with Gasteiger partial charge in [0.2, 0.25) is 0 Å². The Labute approximate surface area is 173 Å². The van der Waals surface area contributed by atoms with Gasteiger partial charge in [-0.15, -0.1) is 0 Å². The summed E-state index contributed by atoms with van der Waals surface area (Å²) in [4.78, 5) is 4.82. The third-order valence-electron chi connectivity index (χ3n) is 4.47. The molecule has 0 atom stereocenters. The monoisotopic (exact) mass is 465 g/mol. The van der Waals surface area contributed by atoms with Gasteiger partial charge in [0.25, 0.3) is 0 Å². The molecular formula is C19H24BrN5O2S. The van der Waals surface area contributed by atoms with Crippen molar-refractivity contribution in [1.29, 1.82) is 0 Å². The molecule has 0 spiro atoms. The Balaban J connectivity index is 1.95. The van der Waals surface area contributed by atoms with Crippen LogP contribution in [0.5, 0.6) is 0 Å². The fourth-order valence-electron chi connectivity index (χ4n) is 3.13. The second-order valence-corrected chi connectivity index (χ2v) is 9.84. The summed E-state index contributed by atoms with van der Waals surface area (Å²) in [6, 6.07) is 2.02. The first-order valence-electron chi connectivity index (χ1n) is 9.06. The van der Waals surface area contributed by atoms with Gasteiger partial charge in [-0.2, -0.15) is 9.61 Å². The van der Waals surface area contributed by atoms with Gasteiger partial charge in [0.05, 0.1) is 16.4 Å². The van der Waals surface area contributed by atoms with E-state index in [0.717, 1.165) is 47.6 Å². The summed E-state index contributed by atoms with van der Waals surface area (Å²) in [5.74, 6) is 1.13. The second kappa shape index (κ2) is 9.02. The van der Waals surface area contributed by atoms with E-state index >= 15 is 0 Å². The van der Waals surface area contributed by atoms with Crippen molar-refractivity contribution in [2.75, 3.05) is 30.4 Å². The lowest BCUT2D eigenvalue weighted by atomic mass is 9.94. The number of halogens is 1. The average molecular weight is 466 g/mol. The molecule has 0 bridgehead atoms. The highest BCUT2D eigenvalue weighted by Crippen LogP contribution is 2.29. The van der Waals surface area contributed by atoms with Crippen LogP contribution in [0.25, 0.3) is 5.65 Å². The van der Waals surface area contributed by atoms with Crippen molar-refractivity contribution >= 4 is 37.2 Å².